The van der Waals surface area contributed by atoms with Gasteiger partial charge in [0.05, 0.1) is 10.6 Å². The fraction of sp³-hybridized carbons (Fsp3) is 0.227. The van der Waals surface area contributed by atoms with Gasteiger partial charge in [0.25, 0.3) is 0 Å². The fourth-order valence-electron chi connectivity index (χ4n) is 3.27. The van der Waals surface area contributed by atoms with Crippen LogP contribution in [-0.4, -0.2) is 18.8 Å². The minimum Gasteiger partial charge on any atom is -0.314 e. The zero-order valence-corrected chi connectivity index (χ0v) is 17.7. The molecule has 0 aliphatic heterocycles. The number of nitrogens with two attached hydrogens (primary N) is 1. The minimum absolute atomic E-state index is 0.0396. The molecular formula is C22H23ClN2O3S. The summed E-state index contributed by atoms with van der Waals surface area (Å²) < 4.78 is 24.8. The van der Waals surface area contributed by atoms with Crippen molar-refractivity contribution >= 4 is 27.4 Å². The normalized spacial score (nSPS) is 11.6. The van der Waals surface area contributed by atoms with E-state index in [1.165, 1.54) is 12.1 Å². The van der Waals surface area contributed by atoms with E-state index in [4.69, 9.17) is 16.7 Å². The van der Waals surface area contributed by atoms with Crippen molar-refractivity contribution in [1.29, 1.82) is 0 Å². The van der Waals surface area contributed by atoms with E-state index in [2.05, 4.69) is 0 Å². The Morgan fingerprint density at radius 1 is 1.00 bits per heavy atom. The van der Waals surface area contributed by atoms with E-state index >= 15 is 0 Å². The van der Waals surface area contributed by atoms with Crippen molar-refractivity contribution in [2.75, 3.05) is 0 Å². The fourth-order valence-corrected chi connectivity index (χ4v) is 3.92. The van der Waals surface area contributed by atoms with Crippen molar-refractivity contribution in [3.8, 4) is 5.69 Å². The topological polar surface area (TPSA) is 82.2 Å². The number of Topliss-reactive ketones (excluding diaryl/α,β-unsaturated/α-hetero) is 1. The van der Waals surface area contributed by atoms with E-state index in [0.29, 0.717) is 23.6 Å². The third-order valence-corrected chi connectivity index (χ3v) is 5.93. The summed E-state index contributed by atoms with van der Waals surface area (Å²) in [6, 6.07) is 15.9. The number of aryl methyl sites for hydroxylation is 2. The first-order valence-corrected chi connectivity index (χ1v) is 11.3. The highest BCUT2D eigenvalue weighted by molar-refractivity contribution is 7.89. The number of halogens is 1. The van der Waals surface area contributed by atoms with Gasteiger partial charge in [-0.05, 0) is 72.9 Å². The molecule has 0 spiro atoms. The SMILES string of the molecule is CCCC(=O)c1c(CCc2ccc(Cl)cc2)ccn1-c1ccc(S(N)(=O)=O)cc1. The van der Waals surface area contributed by atoms with Crippen LogP contribution in [0.15, 0.2) is 65.7 Å². The van der Waals surface area contributed by atoms with Crippen LogP contribution >= 0.6 is 11.6 Å². The highest BCUT2D eigenvalue weighted by atomic mass is 35.5. The number of carbonyl (C=O) groups excluding carboxylic acids is 1. The Kier molecular flexibility index (Phi) is 6.57. The Morgan fingerprint density at radius 2 is 1.66 bits per heavy atom. The number of ketones is 1. The van der Waals surface area contributed by atoms with E-state index in [-0.39, 0.29) is 10.7 Å². The van der Waals surface area contributed by atoms with Crippen molar-refractivity contribution in [2.24, 2.45) is 5.14 Å². The first-order chi connectivity index (χ1) is 13.8. The summed E-state index contributed by atoms with van der Waals surface area (Å²) in [6.07, 6.45) is 4.57. The van der Waals surface area contributed by atoms with Gasteiger partial charge in [0.2, 0.25) is 10.0 Å². The van der Waals surface area contributed by atoms with E-state index in [1.807, 2.05) is 48.0 Å². The molecule has 0 saturated heterocycles. The molecule has 0 bridgehead atoms. The maximum atomic E-state index is 12.8. The lowest BCUT2D eigenvalue weighted by atomic mass is 10.0. The van der Waals surface area contributed by atoms with Crippen molar-refractivity contribution in [1.82, 2.24) is 4.57 Å². The van der Waals surface area contributed by atoms with Crippen molar-refractivity contribution < 1.29 is 13.2 Å². The van der Waals surface area contributed by atoms with Gasteiger partial charge in [-0.2, -0.15) is 0 Å². The lowest BCUT2D eigenvalue weighted by molar-refractivity contribution is 0.0974. The smallest absolute Gasteiger partial charge is 0.238 e. The zero-order valence-electron chi connectivity index (χ0n) is 16.1. The van der Waals surface area contributed by atoms with Crippen LogP contribution in [0.3, 0.4) is 0 Å². The second-order valence-electron chi connectivity index (χ2n) is 6.90. The lowest BCUT2D eigenvalue weighted by Gasteiger charge is -2.11. The van der Waals surface area contributed by atoms with Gasteiger partial charge < -0.3 is 4.57 Å². The van der Waals surface area contributed by atoms with E-state index in [9.17, 15) is 13.2 Å². The number of hydrogen-bond donors (Lipinski definition) is 1. The van der Waals surface area contributed by atoms with E-state index < -0.39 is 10.0 Å². The first kappa shape index (κ1) is 21.3. The van der Waals surface area contributed by atoms with Crippen LogP contribution in [0.4, 0.5) is 0 Å². The summed E-state index contributed by atoms with van der Waals surface area (Å²) in [5.41, 5.74) is 3.47. The Labute approximate surface area is 176 Å². The number of hydrogen-bond acceptors (Lipinski definition) is 3. The molecule has 0 aliphatic rings. The number of rotatable bonds is 8. The maximum Gasteiger partial charge on any atom is 0.238 e. The molecule has 0 amide bonds. The standard InChI is InChI=1S/C22H23ClN2O3S/c1-2-3-21(26)22-17(7-4-16-5-8-18(23)9-6-16)14-15-25(22)19-10-12-20(13-11-19)29(24,27)28/h5-6,8-15H,2-4,7H2,1H3,(H2,24,27,28). The zero-order chi connectivity index (χ0) is 21.0. The third kappa shape index (κ3) is 5.15. The summed E-state index contributed by atoms with van der Waals surface area (Å²) in [4.78, 5) is 12.9. The molecule has 1 aromatic heterocycles. The number of primary sulfonamides is 1. The van der Waals surface area contributed by atoms with Crippen molar-refractivity contribution in [3.05, 3.63) is 82.6 Å². The predicted molar refractivity (Wildman–Crippen MR) is 115 cm³/mol. The van der Waals surface area contributed by atoms with Crippen LogP contribution in [-0.2, 0) is 22.9 Å². The minimum atomic E-state index is -3.76. The van der Waals surface area contributed by atoms with Crippen LogP contribution in [0.1, 0.15) is 41.4 Å². The molecule has 0 atom stereocenters. The van der Waals surface area contributed by atoms with Gasteiger partial charge in [-0.25, -0.2) is 13.6 Å². The molecule has 0 radical (unpaired) electrons. The van der Waals surface area contributed by atoms with Gasteiger partial charge in [-0.15, -0.1) is 0 Å². The van der Waals surface area contributed by atoms with E-state index in [1.54, 1.807) is 12.1 Å². The van der Waals surface area contributed by atoms with Gasteiger partial charge in [0.1, 0.15) is 0 Å². The molecule has 3 rings (SSSR count). The predicted octanol–water partition coefficient (Wildman–Crippen LogP) is 4.55. The number of benzene rings is 2. The quantitative estimate of drug-likeness (QED) is 0.532. The van der Waals surface area contributed by atoms with Crippen molar-refractivity contribution in [3.63, 3.8) is 0 Å². The molecule has 7 heteroatoms. The van der Waals surface area contributed by atoms with Gasteiger partial charge in [0.15, 0.2) is 5.78 Å². The van der Waals surface area contributed by atoms with Gasteiger partial charge in [0, 0.05) is 23.3 Å². The Morgan fingerprint density at radius 3 is 2.24 bits per heavy atom. The molecule has 0 aliphatic carbocycles. The number of carbonyl (C=O) groups is 1. The number of aromatic nitrogens is 1. The molecule has 152 valence electrons. The highest BCUT2D eigenvalue weighted by Gasteiger charge is 2.18. The lowest BCUT2D eigenvalue weighted by Crippen LogP contribution is -2.13. The van der Waals surface area contributed by atoms with Crippen LogP contribution in [0.2, 0.25) is 5.02 Å². The van der Waals surface area contributed by atoms with Crippen LogP contribution < -0.4 is 5.14 Å². The molecule has 1 heterocycles. The van der Waals surface area contributed by atoms with E-state index in [0.717, 1.165) is 29.7 Å². The largest absolute Gasteiger partial charge is 0.314 e. The Hall–Kier alpha value is -2.41. The third-order valence-electron chi connectivity index (χ3n) is 4.75. The molecule has 0 fully saturated rings. The van der Waals surface area contributed by atoms with Crippen LogP contribution in [0.25, 0.3) is 5.69 Å². The summed E-state index contributed by atoms with van der Waals surface area (Å²) in [5.74, 6) is 0.0686. The molecule has 0 saturated carbocycles. The Balaban J connectivity index is 1.93. The molecule has 3 aromatic rings. The molecule has 0 unspecified atom stereocenters. The second-order valence-corrected chi connectivity index (χ2v) is 8.90. The average Bonchev–Trinajstić information content (AvgIpc) is 3.11. The average molecular weight is 431 g/mol. The molecule has 5 nitrogen and oxygen atoms in total. The summed E-state index contributed by atoms with van der Waals surface area (Å²) >= 11 is 5.95. The van der Waals surface area contributed by atoms with Crippen LogP contribution in [0.5, 0.6) is 0 Å². The van der Waals surface area contributed by atoms with Crippen LogP contribution in [0, 0.1) is 0 Å². The monoisotopic (exact) mass is 430 g/mol. The van der Waals surface area contributed by atoms with Gasteiger partial charge >= 0.3 is 0 Å². The second kappa shape index (κ2) is 8.95. The number of sulfonamides is 1. The number of nitrogens with zero attached hydrogens (tertiary/aromatic N) is 1. The maximum absolute atomic E-state index is 12.8. The summed E-state index contributed by atoms with van der Waals surface area (Å²) in [5, 5.41) is 5.87. The first-order valence-electron chi connectivity index (χ1n) is 9.40. The van der Waals surface area contributed by atoms with Gasteiger partial charge in [-0.3, -0.25) is 4.79 Å². The summed E-state index contributed by atoms with van der Waals surface area (Å²) in [6.45, 7) is 1.97. The van der Waals surface area contributed by atoms with Crippen molar-refractivity contribution in [2.45, 2.75) is 37.5 Å². The summed E-state index contributed by atoms with van der Waals surface area (Å²) in [7, 11) is -3.76. The molecule has 2 N–H and O–H groups in total. The molecular weight excluding hydrogens is 408 g/mol. The van der Waals surface area contributed by atoms with Gasteiger partial charge in [-0.1, -0.05) is 30.7 Å². The highest BCUT2D eigenvalue weighted by Crippen LogP contribution is 2.23. The molecule has 2 aromatic carbocycles. The Bertz CT molecular complexity index is 1100. The molecule has 29 heavy (non-hydrogen) atoms.